The number of nitrogens with zero attached hydrogens (tertiary/aromatic N) is 2. The molecule has 1 aliphatic heterocycles. The topological polar surface area (TPSA) is 123 Å². The Balaban J connectivity index is 0.000000180. The summed E-state index contributed by atoms with van der Waals surface area (Å²) in [6.07, 6.45) is 11.0. The van der Waals surface area contributed by atoms with E-state index in [1.54, 1.807) is 24.6 Å². The van der Waals surface area contributed by atoms with E-state index < -0.39 is 0 Å². The zero-order chi connectivity index (χ0) is 23.8. The molecule has 0 bridgehead atoms. The minimum Gasteiger partial charge on any atom is -0.464 e. The minimum atomic E-state index is -0.370. The van der Waals surface area contributed by atoms with E-state index in [0.29, 0.717) is 29.1 Å². The molecule has 2 aliphatic rings. The van der Waals surface area contributed by atoms with Crippen LogP contribution < -0.4 is 16.4 Å². The van der Waals surface area contributed by atoms with Gasteiger partial charge in [-0.3, -0.25) is 14.9 Å². The molecule has 1 aliphatic carbocycles. The van der Waals surface area contributed by atoms with E-state index >= 15 is 0 Å². The maximum atomic E-state index is 11.5. The van der Waals surface area contributed by atoms with Gasteiger partial charge in [0.15, 0.2) is 0 Å². The molecule has 4 N–H and O–H groups in total. The number of furan rings is 1. The highest BCUT2D eigenvalue weighted by Crippen LogP contribution is 2.26. The van der Waals surface area contributed by atoms with Crippen molar-refractivity contribution in [3.8, 4) is 11.3 Å². The number of nitrogens with one attached hydrogen (secondary N) is 2. The molecule has 176 valence electrons. The highest BCUT2D eigenvalue weighted by atomic mass is 32.2. The second kappa shape index (κ2) is 11.6. The summed E-state index contributed by atoms with van der Waals surface area (Å²) in [5.74, 6) is 1.08. The van der Waals surface area contributed by atoms with Crippen LogP contribution in [0.5, 0.6) is 0 Å². The van der Waals surface area contributed by atoms with Crippen molar-refractivity contribution >= 4 is 34.9 Å². The van der Waals surface area contributed by atoms with Crippen LogP contribution in [0.3, 0.4) is 0 Å². The molecular weight excluding hydrogens is 450 g/mol. The van der Waals surface area contributed by atoms with Crippen LogP contribution in [0.4, 0.5) is 10.7 Å². The number of anilines is 1. The van der Waals surface area contributed by atoms with Gasteiger partial charge in [0.2, 0.25) is 5.95 Å². The van der Waals surface area contributed by atoms with E-state index in [2.05, 4.69) is 20.6 Å². The number of aromatic nitrogens is 2. The van der Waals surface area contributed by atoms with E-state index in [1.165, 1.54) is 19.3 Å². The van der Waals surface area contributed by atoms with Crippen molar-refractivity contribution in [2.75, 3.05) is 5.32 Å². The fraction of sp³-hybridized carbons (Fsp3) is 0.280. The third-order valence-corrected chi connectivity index (χ3v) is 6.37. The van der Waals surface area contributed by atoms with Gasteiger partial charge in [0, 0.05) is 24.3 Å². The van der Waals surface area contributed by atoms with Gasteiger partial charge in [-0.25, -0.2) is 9.97 Å². The van der Waals surface area contributed by atoms with Crippen LogP contribution in [-0.2, 0) is 11.3 Å². The molecule has 2 aromatic heterocycles. The predicted octanol–water partition coefficient (Wildman–Crippen LogP) is 4.95. The average molecular weight is 478 g/mol. The lowest BCUT2D eigenvalue weighted by atomic mass is 9.96. The van der Waals surface area contributed by atoms with Crippen molar-refractivity contribution in [3.63, 3.8) is 0 Å². The third-order valence-electron chi connectivity index (χ3n) is 5.56. The van der Waals surface area contributed by atoms with Gasteiger partial charge in [-0.15, -0.1) is 0 Å². The zero-order valence-electron chi connectivity index (χ0n) is 18.7. The molecule has 0 unspecified atom stereocenters. The zero-order valence-corrected chi connectivity index (χ0v) is 19.5. The Morgan fingerprint density at radius 3 is 2.65 bits per heavy atom. The van der Waals surface area contributed by atoms with Crippen LogP contribution in [-0.4, -0.2) is 27.2 Å². The van der Waals surface area contributed by atoms with E-state index in [4.69, 9.17) is 10.2 Å². The van der Waals surface area contributed by atoms with Gasteiger partial charge in [0.25, 0.3) is 11.1 Å². The normalized spacial score (nSPS) is 17.3. The first-order chi connectivity index (χ1) is 16.6. The number of nitrogens with two attached hydrogens (primary N) is 1. The van der Waals surface area contributed by atoms with Gasteiger partial charge < -0.3 is 15.5 Å². The summed E-state index contributed by atoms with van der Waals surface area (Å²) in [5.41, 5.74) is 8.42. The number of carbonyl (C=O) groups excluding carboxylic acids is 2. The molecule has 0 spiro atoms. The van der Waals surface area contributed by atoms with Gasteiger partial charge in [-0.05, 0) is 54.4 Å². The molecule has 1 saturated carbocycles. The maximum Gasteiger partial charge on any atom is 0.290 e. The van der Waals surface area contributed by atoms with E-state index in [-0.39, 0.29) is 11.1 Å². The molecule has 3 heterocycles. The first-order valence-corrected chi connectivity index (χ1v) is 12.1. The second-order valence-corrected chi connectivity index (χ2v) is 8.99. The highest BCUT2D eigenvalue weighted by molar-refractivity contribution is 8.18. The number of benzene rings is 1. The Bertz CT molecular complexity index is 1160. The molecule has 0 radical (unpaired) electrons. The second-order valence-electron chi connectivity index (χ2n) is 7.98. The monoisotopic (exact) mass is 477 g/mol. The summed E-state index contributed by atoms with van der Waals surface area (Å²) in [5, 5.41) is 5.22. The Kier molecular flexibility index (Phi) is 8.11. The SMILES string of the molecule is NCc1ccccc1-c1ccco1.O=C1NC(=O)/C(=C/c2ccnc(NC3CCCCC3)n2)S1. The Hall–Kier alpha value is -3.43. The molecular formula is C25H27N5O3S. The van der Waals surface area contributed by atoms with Gasteiger partial charge in [-0.2, -0.15) is 0 Å². The molecule has 34 heavy (non-hydrogen) atoms. The van der Waals surface area contributed by atoms with Crippen LogP contribution in [0.2, 0.25) is 0 Å². The number of imide groups is 1. The van der Waals surface area contributed by atoms with Crippen LogP contribution in [0.15, 0.2) is 64.2 Å². The average Bonchev–Trinajstić information content (AvgIpc) is 3.50. The van der Waals surface area contributed by atoms with Crippen LogP contribution in [0.1, 0.15) is 43.4 Å². The number of amides is 2. The lowest BCUT2D eigenvalue weighted by Crippen LogP contribution is -2.23. The molecule has 2 amide bonds. The fourth-order valence-corrected chi connectivity index (χ4v) is 4.54. The van der Waals surface area contributed by atoms with Crippen LogP contribution >= 0.6 is 11.8 Å². The van der Waals surface area contributed by atoms with Crippen LogP contribution in [0, 0.1) is 0 Å². The highest BCUT2D eigenvalue weighted by Gasteiger charge is 2.25. The molecule has 8 nitrogen and oxygen atoms in total. The molecule has 2 fully saturated rings. The number of rotatable bonds is 5. The van der Waals surface area contributed by atoms with E-state index in [0.717, 1.165) is 41.5 Å². The van der Waals surface area contributed by atoms with Gasteiger partial charge in [0.05, 0.1) is 16.9 Å². The quantitative estimate of drug-likeness (QED) is 0.441. The van der Waals surface area contributed by atoms with Gasteiger partial charge in [-0.1, -0.05) is 43.5 Å². The van der Waals surface area contributed by atoms with Crippen molar-refractivity contribution in [2.45, 2.75) is 44.7 Å². The van der Waals surface area contributed by atoms with E-state index in [1.807, 2.05) is 36.4 Å². The number of thioether (sulfide) groups is 1. The van der Waals surface area contributed by atoms with Gasteiger partial charge in [0.1, 0.15) is 5.76 Å². The smallest absolute Gasteiger partial charge is 0.290 e. The fourth-order valence-electron chi connectivity index (χ4n) is 3.88. The summed E-state index contributed by atoms with van der Waals surface area (Å²) in [7, 11) is 0. The number of hydrogen-bond acceptors (Lipinski definition) is 8. The predicted molar refractivity (Wildman–Crippen MR) is 134 cm³/mol. The lowest BCUT2D eigenvalue weighted by Gasteiger charge is -2.22. The molecule has 5 rings (SSSR count). The van der Waals surface area contributed by atoms with Crippen molar-refractivity contribution in [2.24, 2.45) is 5.73 Å². The first-order valence-electron chi connectivity index (χ1n) is 11.3. The summed E-state index contributed by atoms with van der Waals surface area (Å²) in [6.45, 7) is 0.539. The van der Waals surface area contributed by atoms with Gasteiger partial charge >= 0.3 is 0 Å². The number of hydrogen-bond donors (Lipinski definition) is 3. The molecule has 1 saturated heterocycles. The Morgan fingerprint density at radius 2 is 1.94 bits per heavy atom. The standard InChI is InChI=1S/C14H16N4O2S.C11H11NO/c19-12-11(21-14(20)18-12)8-10-6-7-15-13(17-10)16-9-4-2-1-3-5-9;12-8-9-4-1-2-5-10(9)11-6-3-7-13-11/h6-9H,1-5H2,(H,15,16,17)(H,18,19,20);1-7H,8,12H2/b11-8-;. The summed E-state index contributed by atoms with van der Waals surface area (Å²) in [4.78, 5) is 31.6. The van der Waals surface area contributed by atoms with Crippen molar-refractivity contribution < 1.29 is 14.0 Å². The molecule has 9 heteroatoms. The molecule has 1 aromatic carbocycles. The lowest BCUT2D eigenvalue weighted by molar-refractivity contribution is -0.115. The summed E-state index contributed by atoms with van der Waals surface area (Å²) >= 11 is 0.891. The third kappa shape index (κ3) is 6.33. The van der Waals surface area contributed by atoms with Crippen molar-refractivity contribution in [3.05, 3.63) is 71.1 Å². The Morgan fingerprint density at radius 1 is 1.12 bits per heavy atom. The van der Waals surface area contributed by atoms with Crippen molar-refractivity contribution in [1.29, 1.82) is 0 Å². The number of carbonyl (C=O) groups is 2. The molecule has 0 atom stereocenters. The maximum absolute atomic E-state index is 11.5. The first kappa shape index (κ1) is 23.7. The van der Waals surface area contributed by atoms with E-state index in [9.17, 15) is 9.59 Å². The van der Waals surface area contributed by atoms with Crippen molar-refractivity contribution in [1.82, 2.24) is 15.3 Å². The minimum absolute atomic E-state index is 0.346. The summed E-state index contributed by atoms with van der Waals surface area (Å²) in [6, 6.07) is 13.9. The van der Waals surface area contributed by atoms with Crippen LogP contribution in [0.25, 0.3) is 17.4 Å². The molecule has 3 aromatic rings. The summed E-state index contributed by atoms with van der Waals surface area (Å²) < 4.78 is 5.31. The Labute approximate surface area is 202 Å². The largest absolute Gasteiger partial charge is 0.464 e.